The van der Waals surface area contributed by atoms with Gasteiger partial charge >= 0.3 is 0 Å². The van der Waals surface area contributed by atoms with Crippen LogP contribution in [0.4, 0.5) is 11.6 Å². The van der Waals surface area contributed by atoms with Crippen LogP contribution in [0.5, 0.6) is 0 Å². The number of rotatable bonds is 5. The van der Waals surface area contributed by atoms with Gasteiger partial charge < -0.3 is 15.0 Å². The van der Waals surface area contributed by atoms with Gasteiger partial charge in [-0.25, -0.2) is 15.0 Å². The van der Waals surface area contributed by atoms with E-state index in [1.54, 1.807) is 19.2 Å². The zero-order valence-corrected chi connectivity index (χ0v) is 18.2. The Morgan fingerprint density at radius 3 is 2.79 bits per heavy atom. The van der Waals surface area contributed by atoms with Crippen molar-refractivity contribution in [1.29, 1.82) is 0 Å². The summed E-state index contributed by atoms with van der Waals surface area (Å²) in [4.78, 5) is 28.5. The SMILES string of the molecule is COCc1cc(N2CCCC(C(=O)Nc3ccc(Cl)cn3)C2)nc(C(C)(C)C)n1. The molecular formula is C21H28ClN5O2. The third-order valence-electron chi connectivity index (χ3n) is 4.82. The number of halogens is 1. The summed E-state index contributed by atoms with van der Waals surface area (Å²) in [7, 11) is 1.66. The van der Waals surface area contributed by atoms with E-state index in [9.17, 15) is 4.79 Å². The lowest BCUT2D eigenvalue weighted by Gasteiger charge is -2.33. The quantitative estimate of drug-likeness (QED) is 0.796. The number of piperidine rings is 1. The maximum absolute atomic E-state index is 12.8. The minimum absolute atomic E-state index is 0.0354. The fraction of sp³-hybridized carbons (Fsp3) is 0.524. The molecule has 0 spiro atoms. The molecule has 1 aliphatic rings. The summed E-state index contributed by atoms with van der Waals surface area (Å²) in [6.07, 6.45) is 3.27. The van der Waals surface area contributed by atoms with Crippen LogP contribution in [0.3, 0.4) is 0 Å². The molecule has 0 aromatic carbocycles. The Balaban J connectivity index is 1.76. The maximum atomic E-state index is 12.8. The first-order valence-electron chi connectivity index (χ1n) is 9.81. The highest BCUT2D eigenvalue weighted by molar-refractivity contribution is 6.30. The lowest BCUT2D eigenvalue weighted by atomic mass is 9.95. The highest BCUT2D eigenvalue weighted by Gasteiger charge is 2.28. The van der Waals surface area contributed by atoms with Crippen LogP contribution in [-0.2, 0) is 21.6 Å². The predicted molar refractivity (Wildman–Crippen MR) is 114 cm³/mol. The Kier molecular flexibility index (Phi) is 6.70. The number of aromatic nitrogens is 3. The Hall–Kier alpha value is -2.25. The number of hydrogen-bond donors (Lipinski definition) is 1. The van der Waals surface area contributed by atoms with Crippen LogP contribution in [0, 0.1) is 5.92 Å². The van der Waals surface area contributed by atoms with Crippen LogP contribution < -0.4 is 10.2 Å². The molecule has 2 aromatic heterocycles. The van der Waals surface area contributed by atoms with Crippen molar-refractivity contribution in [2.45, 2.75) is 45.6 Å². The van der Waals surface area contributed by atoms with E-state index in [0.717, 1.165) is 36.7 Å². The van der Waals surface area contributed by atoms with E-state index >= 15 is 0 Å². The number of amides is 1. The van der Waals surface area contributed by atoms with E-state index < -0.39 is 0 Å². The van der Waals surface area contributed by atoms with Crippen LogP contribution in [0.2, 0.25) is 5.02 Å². The number of carbonyl (C=O) groups is 1. The Labute approximate surface area is 176 Å². The number of hydrogen-bond acceptors (Lipinski definition) is 6. The molecule has 1 amide bonds. The topological polar surface area (TPSA) is 80.2 Å². The van der Waals surface area contributed by atoms with E-state index in [-0.39, 0.29) is 17.2 Å². The highest BCUT2D eigenvalue weighted by atomic mass is 35.5. The maximum Gasteiger partial charge on any atom is 0.230 e. The van der Waals surface area contributed by atoms with Crippen molar-refractivity contribution < 1.29 is 9.53 Å². The van der Waals surface area contributed by atoms with E-state index in [2.05, 4.69) is 41.0 Å². The second kappa shape index (κ2) is 9.05. The van der Waals surface area contributed by atoms with E-state index in [4.69, 9.17) is 21.3 Å². The van der Waals surface area contributed by atoms with Crippen molar-refractivity contribution in [3.8, 4) is 0 Å². The van der Waals surface area contributed by atoms with Gasteiger partial charge in [-0.3, -0.25) is 4.79 Å². The summed E-state index contributed by atoms with van der Waals surface area (Å²) in [5.74, 6) is 1.96. The lowest BCUT2D eigenvalue weighted by molar-refractivity contribution is -0.120. The van der Waals surface area contributed by atoms with Gasteiger partial charge in [0.05, 0.1) is 23.2 Å². The molecule has 29 heavy (non-hydrogen) atoms. The van der Waals surface area contributed by atoms with Gasteiger partial charge in [-0.2, -0.15) is 0 Å². The number of anilines is 2. The molecule has 7 nitrogen and oxygen atoms in total. The van der Waals surface area contributed by atoms with E-state index in [0.29, 0.717) is 24.0 Å². The van der Waals surface area contributed by atoms with Crippen molar-refractivity contribution in [2.75, 3.05) is 30.4 Å². The Morgan fingerprint density at radius 2 is 2.14 bits per heavy atom. The Morgan fingerprint density at radius 1 is 1.34 bits per heavy atom. The zero-order valence-electron chi connectivity index (χ0n) is 17.4. The van der Waals surface area contributed by atoms with Crippen LogP contribution in [0.1, 0.15) is 45.1 Å². The fourth-order valence-corrected chi connectivity index (χ4v) is 3.39. The number of nitrogens with zero attached hydrogens (tertiary/aromatic N) is 4. The van der Waals surface area contributed by atoms with Crippen molar-refractivity contribution in [3.05, 3.63) is 40.9 Å². The molecule has 1 N–H and O–H groups in total. The number of carbonyl (C=O) groups excluding carboxylic acids is 1. The Bertz CT molecular complexity index is 851. The molecular weight excluding hydrogens is 390 g/mol. The molecule has 1 unspecified atom stereocenters. The molecule has 3 heterocycles. The van der Waals surface area contributed by atoms with Crippen LogP contribution >= 0.6 is 11.6 Å². The van der Waals surface area contributed by atoms with E-state index in [1.165, 1.54) is 6.20 Å². The monoisotopic (exact) mass is 417 g/mol. The minimum atomic E-state index is -0.175. The molecule has 156 valence electrons. The first-order chi connectivity index (χ1) is 13.8. The third kappa shape index (κ3) is 5.64. The predicted octanol–water partition coefficient (Wildman–Crippen LogP) is 3.82. The van der Waals surface area contributed by atoms with E-state index in [1.807, 2.05) is 6.07 Å². The van der Waals surface area contributed by atoms with Gasteiger partial charge in [-0.1, -0.05) is 32.4 Å². The smallest absolute Gasteiger partial charge is 0.230 e. The minimum Gasteiger partial charge on any atom is -0.378 e. The summed E-state index contributed by atoms with van der Waals surface area (Å²) in [5, 5.41) is 3.43. The van der Waals surface area contributed by atoms with Crippen molar-refractivity contribution >= 4 is 29.1 Å². The van der Waals surface area contributed by atoms with Crippen molar-refractivity contribution in [3.63, 3.8) is 0 Å². The first-order valence-corrected chi connectivity index (χ1v) is 10.2. The van der Waals surface area contributed by atoms with Crippen LogP contribution in [0.15, 0.2) is 24.4 Å². The first kappa shape index (κ1) is 21.5. The summed E-state index contributed by atoms with van der Waals surface area (Å²) in [5.41, 5.74) is 0.671. The lowest BCUT2D eigenvalue weighted by Crippen LogP contribution is -2.41. The zero-order chi connectivity index (χ0) is 21.0. The molecule has 1 aliphatic heterocycles. The number of pyridine rings is 1. The van der Waals surface area contributed by atoms with Gasteiger partial charge in [0.1, 0.15) is 17.5 Å². The molecule has 1 saturated heterocycles. The normalized spacial score (nSPS) is 17.3. The second-order valence-corrected chi connectivity index (χ2v) is 8.80. The summed E-state index contributed by atoms with van der Waals surface area (Å²) in [6, 6.07) is 5.38. The average molecular weight is 418 g/mol. The van der Waals surface area contributed by atoms with Crippen molar-refractivity contribution in [1.82, 2.24) is 15.0 Å². The number of nitrogens with one attached hydrogen (secondary N) is 1. The second-order valence-electron chi connectivity index (χ2n) is 8.36. The molecule has 8 heteroatoms. The summed E-state index contributed by atoms with van der Waals surface area (Å²) >= 11 is 5.86. The molecule has 1 fully saturated rings. The summed E-state index contributed by atoms with van der Waals surface area (Å²) < 4.78 is 5.28. The standard InChI is InChI=1S/C21H28ClN5O2/c1-21(2,3)20-24-16(13-29-4)10-18(26-20)27-9-5-6-14(12-27)19(28)25-17-8-7-15(22)11-23-17/h7-8,10-11,14H,5-6,9,12-13H2,1-4H3,(H,23,25,28). The van der Waals surface area contributed by atoms with Crippen LogP contribution in [-0.4, -0.2) is 41.1 Å². The van der Waals surface area contributed by atoms with Crippen LogP contribution in [0.25, 0.3) is 0 Å². The van der Waals surface area contributed by atoms with Gasteiger partial charge in [-0.05, 0) is 25.0 Å². The fourth-order valence-electron chi connectivity index (χ4n) is 3.28. The van der Waals surface area contributed by atoms with Crippen molar-refractivity contribution in [2.24, 2.45) is 5.92 Å². The average Bonchev–Trinajstić information content (AvgIpc) is 2.69. The third-order valence-corrected chi connectivity index (χ3v) is 5.05. The number of methoxy groups -OCH3 is 1. The summed E-state index contributed by atoms with van der Waals surface area (Å²) in [6.45, 7) is 8.16. The highest BCUT2D eigenvalue weighted by Crippen LogP contribution is 2.26. The van der Waals surface area contributed by atoms with Gasteiger partial charge in [0.25, 0.3) is 0 Å². The molecule has 1 atom stereocenters. The van der Waals surface area contributed by atoms with Gasteiger partial charge in [0, 0.05) is 37.9 Å². The van der Waals surface area contributed by atoms with Gasteiger partial charge in [0.2, 0.25) is 5.91 Å². The van der Waals surface area contributed by atoms with Gasteiger partial charge in [-0.15, -0.1) is 0 Å². The number of ether oxygens (including phenoxy) is 1. The molecule has 2 aromatic rings. The molecule has 0 saturated carbocycles. The van der Waals surface area contributed by atoms with Gasteiger partial charge in [0.15, 0.2) is 0 Å². The molecule has 0 bridgehead atoms. The molecule has 0 aliphatic carbocycles. The molecule has 3 rings (SSSR count). The largest absolute Gasteiger partial charge is 0.378 e. The molecule has 0 radical (unpaired) electrons.